The second-order valence-corrected chi connectivity index (χ2v) is 4.95. The van der Waals surface area contributed by atoms with Gasteiger partial charge in [-0.05, 0) is 18.4 Å². The summed E-state index contributed by atoms with van der Waals surface area (Å²) in [6.45, 7) is 2.15. The normalized spacial score (nSPS) is 10.8. The first-order chi connectivity index (χ1) is 8.79. The lowest BCUT2D eigenvalue weighted by Crippen LogP contribution is -1.91. The number of benzene rings is 1. The zero-order valence-electron chi connectivity index (χ0n) is 11.5. The minimum absolute atomic E-state index is 0.0866. The van der Waals surface area contributed by atoms with Crippen molar-refractivity contribution < 1.29 is 10.2 Å². The van der Waals surface area contributed by atoms with Crippen LogP contribution >= 0.6 is 0 Å². The first kappa shape index (κ1) is 15.0. The minimum atomic E-state index is -0.0866. The first-order valence-electron chi connectivity index (χ1n) is 7.20. The van der Waals surface area contributed by atoms with Crippen LogP contribution in [0.1, 0.15) is 63.0 Å². The Hall–Kier alpha value is -1.02. The number of aliphatic hydroxyl groups excluding tert-OH is 1. The lowest BCUT2D eigenvalue weighted by molar-refractivity contribution is 0.275. The Bertz CT molecular complexity index is 334. The molecule has 0 saturated carbocycles. The number of aliphatic hydroxyl groups is 1. The van der Waals surface area contributed by atoms with E-state index in [2.05, 4.69) is 6.92 Å². The van der Waals surface area contributed by atoms with Crippen LogP contribution in [0.2, 0.25) is 0 Å². The van der Waals surface area contributed by atoms with E-state index in [-0.39, 0.29) is 12.4 Å². The summed E-state index contributed by atoms with van der Waals surface area (Å²) in [4.78, 5) is 0. The SMILES string of the molecule is CCCCCCCCCc1cccc(CO)c1O. The van der Waals surface area contributed by atoms with E-state index >= 15 is 0 Å². The zero-order valence-corrected chi connectivity index (χ0v) is 11.5. The van der Waals surface area contributed by atoms with Gasteiger partial charge in [0.25, 0.3) is 0 Å². The molecule has 0 aliphatic carbocycles. The fourth-order valence-electron chi connectivity index (χ4n) is 2.25. The summed E-state index contributed by atoms with van der Waals surface area (Å²) in [5.74, 6) is 0.283. The summed E-state index contributed by atoms with van der Waals surface area (Å²) in [7, 11) is 0. The van der Waals surface area contributed by atoms with Crippen molar-refractivity contribution in [3.63, 3.8) is 0 Å². The average molecular weight is 250 g/mol. The molecule has 0 spiro atoms. The van der Waals surface area contributed by atoms with Crippen LogP contribution in [0.15, 0.2) is 18.2 Å². The quantitative estimate of drug-likeness (QED) is 0.645. The van der Waals surface area contributed by atoms with E-state index in [4.69, 9.17) is 5.11 Å². The highest BCUT2D eigenvalue weighted by Crippen LogP contribution is 2.24. The second-order valence-electron chi connectivity index (χ2n) is 4.95. The molecule has 1 aromatic rings. The Morgan fingerprint density at radius 3 is 2.17 bits per heavy atom. The van der Waals surface area contributed by atoms with E-state index in [0.717, 1.165) is 18.4 Å². The fraction of sp³-hybridized carbons (Fsp3) is 0.625. The maximum atomic E-state index is 9.90. The lowest BCUT2D eigenvalue weighted by Gasteiger charge is -2.08. The fourth-order valence-corrected chi connectivity index (χ4v) is 2.25. The number of rotatable bonds is 9. The van der Waals surface area contributed by atoms with Gasteiger partial charge < -0.3 is 10.2 Å². The van der Waals surface area contributed by atoms with Gasteiger partial charge in [0.15, 0.2) is 0 Å². The molecule has 0 radical (unpaired) electrons. The molecule has 2 nitrogen and oxygen atoms in total. The van der Waals surface area contributed by atoms with Crippen LogP contribution in [0.25, 0.3) is 0 Å². The smallest absolute Gasteiger partial charge is 0.124 e. The lowest BCUT2D eigenvalue weighted by atomic mass is 10.0. The Balaban J connectivity index is 2.23. The van der Waals surface area contributed by atoms with Crippen molar-refractivity contribution in [2.24, 2.45) is 0 Å². The monoisotopic (exact) mass is 250 g/mol. The van der Waals surface area contributed by atoms with Crippen LogP contribution in [0.5, 0.6) is 5.75 Å². The summed E-state index contributed by atoms with van der Waals surface area (Å²) in [6, 6.07) is 5.62. The highest BCUT2D eigenvalue weighted by Gasteiger charge is 2.05. The third-order valence-corrected chi connectivity index (χ3v) is 3.42. The molecule has 1 rings (SSSR count). The van der Waals surface area contributed by atoms with E-state index in [1.807, 2.05) is 12.1 Å². The molecule has 0 aliphatic rings. The Morgan fingerprint density at radius 1 is 0.889 bits per heavy atom. The summed E-state index contributed by atoms with van der Waals surface area (Å²) < 4.78 is 0. The topological polar surface area (TPSA) is 40.5 Å². The van der Waals surface area contributed by atoms with Crippen molar-refractivity contribution in [1.29, 1.82) is 0 Å². The van der Waals surface area contributed by atoms with Gasteiger partial charge in [-0.2, -0.15) is 0 Å². The Morgan fingerprint density at radius 2 is 1.50 bits per heavy atom. The van der Waals surface area contributed by atoms with Crippen LogP contribution in [-0.2, 0) is 13.0 Å². The van der Waals surface area contributed by atoms with Gasteiger partial charge >= 0.3 is 0 Å². The number of phenols is 1. The van der Waals surface area contributed by atoms with Crippen molar-refractivity contribution in [3.05, 3.63) is 29.3 Å². The molecule has 0 amide bonds. The summed E-state index contributed by atoms with van der Waals surface area (Å²) in [6.07, 6.45) is 9.87. The van der Waals surface area contributed by atoms with Crippen molar-refractivity contribution in [2.75, 3.05) is 0 Å². The highest BCUT2D eigenvalue weighted by molar-refractivity contribution is 5.39. The maximum Gasteiger partial charge on any atom is 0.124 e. The molecule has 0 atom stereocenters. The molecule has 102 valence electrons. The molecule has 0 bridgehead atoms. The zero-order chi connectivity index (χ0) is 13.2. The molecule has 0 aromatic heterocycles. The summed E-state index contributed by atoms with van der Waals surface area (Å²) in [5, 5.41) is 19.0. The van der Waals surface area contributed by atoms with Crippen LogP contribution < -0.4 is 0 Å². The maximum absolute atomic E-state index is 9.90. The standard InChI is InChI=1S/C16H26O2/c1-2-3-4-5-6-7-8-10-14-11-9-12-15(13-17)16(14)18/h9,11-12,17-18H,2-8,10,13H2,1H3. The van der Waals surface area contributed by atoms with E-state index < -0.39 is 0 Å². The number of hydrogen-bond acceptors (Lipinski definition) is 2. The molecule has 0 saturated heterocycles. The highest BCUT2D eigenvalue weighted by atomic mass is 16.3. The van der Waals surface area contributed by atoms with Crippen LogP contribution in [0.4, 0.5) is 0 Å². The van der Waals surface area contributed by atoms with Crippen LogP contribution in [0.3, 0.4) is 0 Å². The van der Waals surface area contributed by atoms with Crippen molar-refractivity contribution >= 4 is 0 Å². The largest absolute Gasteiger partial charge is 0.507 e. The third-order valence-electron chi connectivity index (χ3n) is 3.42. The van der Waals surface area contributed by atoms with Crippen LogP contribution in [0, 0.1) is 0 Å². The first-order valence-corrected chi connectivity index (χ1v) is 7.20. The van der Waals surface area contributed by atoms with Crippen molar-refractivity contribution in [2.45, 2.75) is 64.9 Å². The van der Waals surface area contributed by atoms with Gasteiger partial charge in [0.2, 0.25) is 0 Å². The molecule has 2 heteroatoms. The van der Waals surface area contributed by atoms with Crippen molar-refractivity contribution in [3.8, 4) is 5.75 Å². The average Bonchev–Trinajstić information content (AvgIpc) is 2.39. The predicted octanol–water partition coefficient (Wildman–Crippen LogP) is 4.18. The molecule has 0 fully saturated rings. The molecule has 0 aliphatic heterocycles. The molecular formula is C16H26O2. The summed E-state index contributed by atoms with van der Waals surface area (Å²) >= 11 is 0. The number of unbranched alkanes of at least 4 members (excludes halogenated alkanes) is 6. The van der Waals surface area contributed by atoms with E-state index in [1.165, 1.54) is 38.5 Å². The summed E-state index contributed by atoms with van der Waals surface area (Å²) in [5.41, 5.74) is 1.60. The van der Waals surface area contributed by atoms with Gasteiger partial charge in [-0.1, -0.05) is 63.6 Å². The van der Waals surface area contributed by atoms with Gasteiger partial charge in [0, 0.05) is 5.56 Å². The van der Waals surface area contributed by atoms with E-state index in [1.54, 1.807) is 6.07 Å². The number of hydrogen-bond donors (Lipinski definition) is 2. The molecule has 0 heterocycles. The molecule has 2 N–H and O–H groups in total. The van der Waals surface area contributed by atoms with Gasteiger partial charge in [-0.3, -0.25) is 0 Å². The molecular weight excluding hydrogens is 224 g/mol. The third kappa shape index (κ3) is 5.09. The van der Waals surface area contributed by atoms with E-state index in [0.29, 0.717) is 5.56 Å². The minimum Gasteiger partial charge on any atom is -0.507 e. The Kier molecular flexibility index (Phi) is 7.51. The molecule has 1 aromatic carbocycles. The van der Waals surface area contributed by atoms with Crippen molar-refractivity contribution in [1.82, 2.24) is 0 Å². The number of aryl methyl sites for hydroxylation is 1. The van der Waals surface area contributed by atoms with Gasteiger partial charge in [-0.25, -0.2) is 0 Å². The second kappa shape index (κ2) is 8.98. The Labute approximate surface area is 111 Å². The van der Waals surface area contributed by atoms with Crippen LogP contribution in [-0.4, -0.2) is 10.2 Å². The van der Waals surface area contributed by atoms with E-state index in [9.17, 15) is 5.11 Å². The predicted molar refractivity (Wildman–Crippen MR) is 75.7 cm³/mol. The number of para-hydroxylation sites is 1. The van der Waals surface area contributed by atoms with Gasteiger partial charge in [0.1, 0.15) is 5.75 Å². The molecule has 0 unspecified atom stereocenters. The number of aromatic hydroxyl groups is 1. The van der Waals surface area contributed by atoms with Gasteiger partial charge in [-0.15, -0.1) is 0 Å². The molecule has 18 heavy (non-hydrogen) atoms. The van der Waals surface area contributed by atoms with Gasteiger partial charge in [0.05, 0.1) is 6.61 Å².